The standard InChI is InChI=1S/C19H16N2O4/c22-17-9-12-8-13(7-11-3-4-21(17)18(11)12)19(23)20-14-1-2-15-16(10-14)25-6-5-24-15/h1-2,7-8,10H,3-6,9H2,(H,20,23). The van der Waals surface area contributed by atoms with Crippen molar-refractivity contribution in [3.05, 3.63) is 47.0 Å². The van der Waals surface area contributed by atoms with E-state index in [-0.39, 0.29) is 11.8 Å². The summed E-state index contributed by atoms with van der Waals surface area (Å²) in [5.41, 5.74) is 4.29. The SMILES string of the molecule is O=C(Nc1ccc2c(c1)OCCO2)c1cc2c3c(c1)CC(=O)N3CC2. The fourth-order valence-electron chi connectivity index (χ4n) is 3.74. The third-order valence-corrected chi connectivity index (χ3v) is 4.85. The van der Waals surface area contributed by atoms with Gasteiger partial charge in [0.05, 0.1) is 12.1 Å². The summed E-state index contributed by atoms with van der Waals surface area (Å²) in [6, 6.07) is 9.08. The van der Waals surface area contributed by atoms with Gasteiger partial charge >= 0.3 is 0 Å². The lowest BCUT2D eigenvalue weighted by molar-refractivity contribution is -0.117. The van der Waals surface area contributed by atoms with Crippen LogP contribution in [-0.2, 0) is 17.6 Å². The second-order valence-corrected chi connectivity index (χ2v) is 6.43. The molecule has 0 spiro atoms. The molecule has 0 aromatic heterocycles. The highest BCUT2D eigenvalue weighted by molar-refractivity contribution is 6.08. The zero-order chi connectivity index (χ0) is 17.0. The van der Waals surface area contributed by atoms with Gasteiger partial charge in [-0.25, -0.2) is 0 Å². The number of hydrogen-bond acceptors (Lipinski definition) is 4. The van der Waals surface area contributed by atoms with E-state index in [1.165, 1.54) is 0 Å². The number of benzene rings is 2. The van der Waals surface area contributed by atoms with Crippen molar-refractivity contribution in [2.75, 3.05) is 30.0 Å². The molecule has 0 fully saturated rings. The molecule has 5 rings (SSSR count). The molecule has 0 unspecified atom stereocenters. The van der Waals surface area contributed by atoms with Crippen molar-refractivity contribution in [2.24, 2.45) is 0 Å². The molecule has 3 heterocycles. The van der Waals surface area contributed by atoms with Crippen molar-refractivity contribution in [3.63, 3.8) is 0 Å². The van der Waals surface area contributed by atoms with E-state index in [4.69, 9.17) is 9.47 Å². The van der Waals surface area contributed by atoms with Gasteiger partial charge in [-0.2, -0.15) is 0 Å². The second-order valence-electron chi connectivity index (χ2n) is 6.43. The van der Waals surface area contributed by atoms with Crippen LogP contribution < -0.4 is 19.7 Å². The molecule has 1 N–H and O–H groups in total. The zero-order valence-electron chi connectivity index (χ0n) is 13.5. The van der Waals surface area contributed by atoms with Crippen molar-refractivity contribution in [1.82, 2.24) is 0 Å². The lowest BCUT2D eigenvalue weighted by Crippen LogP contribution is -2.24. The van der Waals surface area contributed by atoms with Crippen LogP contribution in [0.1, 0.15) is 21.5 Å². The number of anilines is 2. The van der Waals surface area contributed by atoms with Crippen molar-refractivity contribution in [3.8, 4) is 11.5 Å². The van der Waals surface area contributed by atoms with Crippen molar-refractivity contribution in [2.45, 2.75) is 12.8 Å². The maximum Gasteiger partial charge on any atom is 0.255 e. The molecule has 126 valence electrons. The summed E-state index contributed by atoms with van der Waals surface area (Å²) in [5, 5.41) is 2.90. The van der Waals surface area contributed by atoms with Gasteiger partial charge in [0, 0.05) is 23.9 Å². The molecule has 0 radical (unpaired) electrons. The van der Waals surface area contributed by atoms with E-state index in [9.17, 15) is 9.59 Å². The van der Waals surface area contributed by atoms with Crippen LogP contribution >= 0.6 is 0 Å². The van der Waals surface area contributed by atoms with Crippen LogP contribution in [0.2, 0.25) is 0 Å². The van der Waals surface area contributed by atoms with Gasteiger partial charge in [0.1, 0.15) is 13.2 Å². The Balaban J connectivity index is 1.43. The van der Waals surface area contributed by atoms with Gasteiger partial charge in [-0.1, -0.05) is 0 Å². The van der Waals surface area contributed by atoms with Crippen molar-refractivity contribution in [1.29, 1.82) is 0 Å². The lowest BCUT2D eigenvalue weighted by atomic mass is 10.0. The summed E-state index contributed by atoms with van der Waals surface area (Å²) in [4.78, 5) is 26.5. The molecule has 0 atom stereocenters. The molecule has 2 aromatic carbocycles. The molecule has 3 aliphatic heterocycles. The molecule has 0 bridgehead atoms. The van der Waals surface area contributed by atoms with E-state index in [2.05, 4.69) is 5.32 Å². The minimum absolute atomic E-state index is 0.123. The monoisotopic (exact) mass is 336 g/mol. The number of amides is 2. The molecule has 6 nitrogen and oxygen atoms in total. The third-order valence-electron chi connectivity index (χ3n) is 4.85. The maximum absolute atomic E-state index is 12.7. The molecule has 2 amide bonds. The van der Waals surface area contributed by atoms with Crippen LogP contribution in [0, 0.1) is 0 Å². The van der Waals surface area contributed by atoms with Gasteiger partial charge in [0.15, 0.2) is 11.5 Å². The first-order chi connectivity index (χ1) is 12.2. The van der Waals surface area contributed by atoms with Gasteiger partial charge < -0.3 is 19.7 Å². The van der Waals surface area contributed by atoms with Crippen molar-refractivity contribution >= 4 is 23.2 Å². The Morgan fingerprint density at radius 1 is 1.04 bits per heavy atom. The molecule has 3 aliphatic rings. The third kappa shape index (κ3) is 2.25. The van der Waals surface area contributed by atoms with Gasteiger partial charge in [-0.15, -0.1) is 0 Å². The quantitative estimate of drug-likeness (QED) is 0.912. The van der Waals surface area contributed by atoms with Gasteiger partial charge in [-0.05, 0) is 41.8 Å². The fraction of sp³-hybridized carbons (Fsp3) is 0.263. The Morgan fingerprint density at radius 3 is 2.72 bits per heavy atom. The molecule has 0 saturated heterocycles. The minimum atomic E-state index is -0.187. The van der Waals surface area contributed by atoms with Crippen LogP contribution in [0.4, 0.5) is 11.4 Å². The Labute approximate surface area is 144 Å². The molecular formula is C19H16N2O4. The van der Waals surface area contributed by atoms with Crippen molar-refractivity contribution < 1.29 is 19.1 Å². The number of rotatable bonds is 2. The highest BCUT2D eigenvalue weighted by Gasteiger charge is 2.34. The summed E-state index contributed by atoms with van der Waals surface area (Å²) in [6.07, 6.45) is 1.19. The average molecular weight is 336 g/mol. The summed E-state index contributed by atoms with van der Waals surface area (Å²) < 4.78 is 11.0. The van der Waals surface area contributed by atoms with Crippen LogP contribution in [-0.4, -0.2) is 31.6 Å². The Bertz CT molecular complexity index is 922. The van der Waals surface area contributed by atoms with Gasteiger partial charge in [0.2, 0.25) is 5.91 Å². The zero-order valence-corrected chi connectivity index (χ0v) is 13.5. The van der Waals surface area contributed by atoms with Crippen LogP contribution in [0.5, 0.6) is 11.5 Å². The molecule has 6 heteroatoms. The predicted molar refractivity (Wildman–Crippen MR) is 91.6 cm³/mol. The van der Waals surface area contributed by atoms with E-state index in [0.29, 0.717) is 48.9 Å². The Kier molecular flexibility index (Phi) is 3.00. The number of carbonyl (C=O) groups excluding carboxylic acids is 2. The molecule has 0 aliphatic carbocycles. The van der Waals surface area contributed by atoms with Crippen LogP contribution in [0.3, 0.4) is 0 Å². The number of nitrogens with zero attached hydrogens (tertiary/aromatic N) is 1. The Hall–Kier alpha value is -3.02. The fourth-order valence-corrected chi connectivity index (χ4v) is 3.74. The second kappa shape index (κ2) is 5.24. The number of hydrogen-bond donors (Lipinski definition) is 1. The van der Waals surface area contributed by atoms with Gasteiger partial charge in [-0.3, -0.25) is 9.59 Å². The molecule has 25 heavy (non-hydrogen) atoms. The maximum atomic E-state index is 12.7. The molecule has 2 aromatic rings. The van der Waals surface area contributed by atoms with E-state index in [0.717, 1.165) is 23.2 Å². The van der Waals surface area contributed by atoms with Crippen LogP contribution in [0.15, 0.2) is 30.3 Å². The largest absolute Gasteiger partial charge is 0.486 e. The highest BCUT2D eigenvalue weighted by Crippen LogP contribution is 2.39. The first-order valence-corrected chi connectivity index (χ1v) is 8.36. The number of fused-ring (bicyclic) bond motifs is 1. The highest BCUT2D eigenvalue weighted by atomic mass is 16.6. The van der Waals surface area contributed by atoms with Crippen LogP contribution in [0.25, 0.3) is 0 Å². The summed E-state index contributed by atoms with van der Waals surface area (Å²) in [5.74, 6) is 1.26. The number of ether oxygens (including phenoxy) is 2. The first-order valence-electron chi connectivity index (χ1n) is 8.36. The smallest absolute Gasteiger partial charge is 0.255 e. The average Bonchev–Trinajstić information content (AvgIpc) is 3.19. The van der Waals surface area contributed by atoms with E-state index < -0.39 is 0 Å². The molecule has 0 saturated carbocycles. The molecular weight excluding hydrogens is 320 g/mol. The summed E-state index contributed by atoms with van der Waals surface area (Å²) in [6.45, 7) is 1.75. The number of carbonyl (C=O) groups is 2. The minimum Gasteiger partial charge on any atom is -0.486 e. The number of nitrogens with one attached hydrogen (secondary N) is 1. The predicted octanol–water partition coefficient (Wildman–Crippen LogP) is 2.16. The van der Waals surface area contributed by atoms with E-state index in [1.807, 2.05) is 17.0 Å². The topological polar surface area (TPSA) is 67.9 Å². The first kappa shape index (κ1) is 14.3. The lowest BCUT2D eigenvalue weighted by Gasteiger charge is -2.19. The van der Waals surface area contributed by atoms with Gasteiger partial charge in [0.25, 0.3) is 5.91 Å². The van der Waals surface area contributed by atoms with E-state index >= 15 is 0 Å². The summed E-state index contributed by atoms with van der Waals surface area (Å²) in [7, 11) is 0. The van der Waals surface area contributed by atoms with E-state index in [1.54, 1.807) is 18.2 Å². The Morgan fingerprint density at radius 2 is 1.84 bits per heavy atom. The normalized spacial score (nSPS) is 16.8. The summed E-state index contributed by atoms with van der Waals surface area (Å²) >= 11 is 0.